The van der Waals surface area contributed by atoms with Crippen molar-refractivity contribution < 1.29 is 0 Å². The summed E-state index contributed by atoms with van der Waals surface area (Å²) < 4.78 is 0. The minimum Gasteiger partial charge on any atom is -0.297 e. The monoisotopic (exact) mass is 196 g/mol. The van der Waals surface area contributed by atoms with Crippen molar-refractivity contribution in [3.8, 4) is 0 Å². The van der Waals surface area contributed by atoms with Gasteiger partial charge in [0, 0.05) is 30.7 Å². The van der Waals surface area contributed by atoms with Crippen molar-refractivity contribution in [2.24, 2.45) is 0 Å². The van der Waals surface area contributed by atoms with E-state index < -0.39 is 0 Å². The largest absolute Gasteiger partial charge is 0.297 e. The molecule has 2 heteroatoms. The van der Waals surface area contributed by atoms with Crippen molar-refractivity contribution in [2.75, 3.05) is 19.6 Å². The van der Waals surface area contributed by atoms with Crippen LogP contribution < -0.4 is 0 Å². The van der Waals surface area contributed by atoms with Crippen molar-refractivity contribution in [1.29, 1.82) is 0 Å². The van der Waals surface area contributed by atoms with Gasteiger partial charge < -0.3 is 0 Å². The summed E-state index contributed by atoms with van der Waals surface area (Å²) >= 11 is 0. The Labute approximate surface area is 88.3 Å². The van der Waals surface area contributed by atoms with Crippen LogP contribution in [0.3, 0.4) is 0 Å². The molecular weight excluding hydrogens is 172 g/mol. The highest BCUT2D eigenvalue weighted by atomic mass is 15.4. The van der Waals surface area contributed by atoms with Gasteiger partial charge in [-0.1, -0.05) is 0 Å². The number of nitrogens with zero attached hydrogens (tertiary/aromatic N) is 2. The number of rotatable bonds is 2. The first-order valence-electron chi connectivity index (χ1n) is 6.06. The highest BCUT2D eigenvalue weighted by Gasteiger charge is 2.50. The van der Waals surface area contributed by atoms with Crippen LogP contribution in [-0.2, 0) is 0 Å². The van der Waals surface area contributed by atoms with Gasteiger partial charge in [-0.2, -0.15) is 0 Å². The first-order valence-corrected chi connectivity index (χ1v) is 6.06. The number of hydrogen-bond donors (Lipinski definition) is 0. The molecule has 2 heterocycles. The molecule has 0 unspecified atom stereocenters. The molecule has 2 saturated heterocycles. The smallest absolute Gasteiger partial charge is 0.0466 e. The van der Waals surface area contributed by atoms with Gasteiger partial charge in [-0.3, -0.25) is 9.80 Å². The van der Waals surface area contributed by atoms with Crippen LogP contribution in [0.15, 0.2) is 0 Å². The lowest BCUT2D eigenvalue weighted by Crippen LogP contribution is -2.70. The molecule has 0 bridgehead atoms. The molecule has 2 aliphatic heterocycles. The second-order valence-corrected chi connectivity index (χ2v) is 5.61. The van der Waals surface area contributed by atoms with Gasteiger partial charge in [0.05, 0.1) is 0 Å². The van der Waals surface area contributed by atoms with E-state index in [1.165, 1.54) is 32.5 Å². The second-order valence-electron chi connectivity index (χ2n) is 5.61. The highest BCUT2D eigenvalue weighted by Crippen LogP contribution is 2.39. The Bertz CT molecular complexity index is 204. The molecule has 0 aromatic carbocycles. The summed E-state index contributed by atoms with van der Waals surface area (Å²) in [6.07, 6.45) is 2.83. The molecule has 14 heavy (non-hydrogen) atoms. The van der Waals surface area contributed by atoms with Crippen LogP contribution in [-0.4, -0.2) is 47.1 Å². The zero-order chi connectivity index (χ0) is 10.3. The predicted molar refractivity (Wildman–Crippen MR) is 60.5 cm³/mol. The molecule has 2 nitrogen and oxygen atoms in total. The van der Waals surface area contributed by atoms with E-state index in [0.29, 0.717) is 5.54 Å². The molecule has 0 amide bonds. The van der Waals surface area contributed by atoms with Gasteiger partial charge in [0.25, 0.3) is 0 Å². The van der Waals surface area contributed by atoms with Crippen LogP contribution in [0.25, 0.3) is 0 Å². The van der Waals surface area contributed by atoms with Crippen LogP contribution in [0.2, 0.25) is 0 Å². The van der Waals surface area contributed by atoms with Crippen molar-refractivity contribution in [1.82, 2.24) is 9.80 Å². The maximum Gasteiger partial charge on any atom is 0.0466 e. The van der Waals surface area contributed by atoms with E-state index in [4.69, 9.17) is 0 Å². The van der Waals surface area contributed by atoms with Crippen LogP contribution in [0.5, 0.6) is 0 Å². The Hall–Kier alpha value is -0.0800. The lowest BCUT2D eigenvalue weighted by Gasteiger charge is -2.56. The molecule has 0 aromatic heterocycles. The zero-order valence-corrected chi connectivity index (χ0v) is 10.1. The maximum atomic E-state index is 2.73. The topological polar surface area (TPSA) is 6.48 Å². The Morgan fingerprint density at radius 2 is 1.64 bits per heavy atom. The van der Waals surface area contributed by atoms with Gasteiger partial charge in [-0.15, -0.1) is 0 Å². The summed E-state index contributed by atoms with van der Waals surface area (Å²) in [4.78, 5) is 5.33. The Morgan fingerprint density at radius 3 is 2.14 bits per heavy atom. The van der Waals surface area contributed by atoms with Crippen molar-refractivity contribution in [3.05, 3.63) is 0 Å². The fraction of sp³-hybridized carbons (Fsp3) is 1.00. The van der Waals surface area contributed by atoms with Crippen molar-refractivity contribution in [3.63, 3.8) is 0 Å². The summed E-state index contributed by atoms with van der Waals surface area (Å²) in [5, 5.41) is 0. The predicted octanol–water partition coefficient (Wildman–Crippen LogP) is 1.95. The van der Waals surface area contributed by atoms with Gasteiger partial charge in [0.2, 0.25) is 0 Å². The molecule has 2 fully saturated rings. The van der Waals surface area contributed by atoms with E-state index in [1.807, 2.05) is 0 Å². The zero-order valence-electron chi connectivity index (χ0n) is 10.1. The summed E-state index contributed by atoms with van der Waals surface area (Å²) in [5.41, 5.74) is 0.568. The van der Waals surface area contributed by atoms with Crippen molar-refractivity contribution in [2.45, 2.75) is 58.2 Å². The number of likely N-dealkylation sites (tertiary alicyclic amines) is 2. The summed E-state index contributed by atoms with van der Waals surface area (Å²) in [6.45, 7) is 13.2. The molecule has 82 valence electrons. The average molecular weight is 196 g/mol. The van der Waals surface area contributed by atoms with E-state index in [9.17, 15) is 0 Å². The third kappa shape index (κ3) is 1.49. The van der Waals surface area contributed by atoms with E-state index in [1.54, 1.807) is 0 Å². The molecule has 2 aliphatic rings. The van der Waals surface area contributed by atoms with Gasteiger partial charge >= 0.3 is 0 Å². The third-order valence-electron chi connectivity index (χ3n) is 4.00. The fourth-order valence-corrected chi connectivity index (χ4v) is 3.18. The van der Waals surface area contributed by atoms with Crippen LogP contribution >= 0.6 is 0 Å². The molecular formula is C12H24N2. The first-order chi connectivity index (χ1) is 6.55. The Balaban J connectivity index is 1.98. The molecule has 1 spiro atoms. The molecule has 0 radical (unpaired) electrons. The fourth-order valence-electron chi connectivity index (χ4n) is 3.18. The molecule has 0 N–H and O–H groups in total. The molecule has 0 saturated carbocycles. The second kappa shape index (κ2) is 3.49. The summed E-state index contributed by atoms with van der Waals surface area (Å²) in [7, 11) is 0. The lowest BCUT2D eigenvalue weighted by atomic mass is 9.85. The lowest BCUT2D eigenvalue weighted by molar-refractivity contribution is -0.0584. The summed E-state index contributed by atoms with van der Waals surface area (Å²) in [6, 6.07) is 1.46. The average Bonchev–Trinajstić information content (AvgIpc) is 2.43. The molecule has 2 rings (SSSR count). The normalized spacial score (nSPS) is 27.9. The van der Waals surface area contributed by atoms with E-state index in [0.717, 1.165) is 12.1 Å². The van der Waals surface area contributed by atoms with E-state index in [-0.39, 0.29) is 0 Å². The third-order valence-corrected chi connectivity index (χ3v) is 4.00. The first kappa shape index (κ1) is 10.4. The highest BCUT2D eigenvalue weighted by molar-refractivity contribution is 5.08. The van der Waals surface area contributed by atoms with Crippen molar-refractivity contribution >= 4 is 0 Å². The van der Waals surface area contributed by atoms with Gasteiger partial charge in [0.15, 0.2) is 0 Å². The molecule has 0 atom stereocenters. The quantitative estimate of drug-likeness (QED) is 0.666. The standard InChI is InChI=1S/C12H24N2/c1-10(2)13-8-12(9-13)6-5-7-14(12)11(3)4/h10-11H,5-9H2,1-4H3. The van der Waals surface area contributed by atoms with E-state index in [2.05, 4.69) is 37.5 Å². The van der Waals surface area contributed by atoms with Crippen LogP contribution in [0.4, 0.5) is 0 Å². The minimum absolute atomic E-state index is 0.568. The summed E-state index contributed by atoms with van der Waals surface area (Å²) in [5.74, 6) is 0. The molecule has 0 aliphatic carbocycles. The van der Waals surface area contributed by atoms with Gasteiger partial charge in [-0.25, -0.2) is 0 Å². The van der Waals surface area contributed by atoms with Gasteiger partial charge in [0.1, 0.15) is 0 Å². The number of hydrogen-bond acceptors (Lipinski definition) is 2. The van der Waals surface area contributed by atoms with Crippen LogP contribution in [0, 0.1) is 0 Å². The van der Waals surface area contributed by atoms with Crippen LogP contribution in [0.1, 0.15) is 40.5 Å². The van der Waals surface area contributed by atoms with Gasteiger partial charge in [-0.05, 0) is 47.1 Å². The Morgan fingerprint density at radius 1 is 1.00 bits per heavy atom. The van der Waals surface area contributed by atoms with E-state index >= 15 is 0 Å². The maximum absolute atomic E-state index is 2.73. The molecule has 0 aromatic rings. The minimum atomic E-state index is 0.568. The SMILES string of the molecule is CC(C)N1CC2(CCCN2C(C)C)C1. The Kier molecular flexibility index (Phi) is 2.61.